The Morgan fingerprint density at radius 3 is 2.23 bits per heavy atom. The van der Waals surface area contributed by atoms with Gasteiger partial charge in [-0.05, 0) is 83.4 Å². The van der Waals surface area contributed by atoms with Crippen molar-refractivity contribution in [2.75, 3.05) is 6.61 Å². The van der Waals surface area contributed by atoms with Crippen molar-refractivity contribution in [3.8, 4) is 0 Å². The lowest BCUT2D eigenvalue weighted by Gasteiger charge is -2.42. The highest BCUT2D eigenvalue weighted by molar-refractivity contribution is 5.64. The molecule has 0 saturated carbocycles. The quantitative estimate of drug-likeness (QED) is 0.545. The lowest BCUT2D eigenvalue weighted by Crippen LogP contribution is -2.34. The molecule has 1 aliphatic rings. The average molecular weight is 408 g/mol. The first-order chi connectivity index (χ1) is 14.0. The Morgan fingerprint density at radius 2 is 1.67 bits per heavy atom. The second-order valence-electron chi connectivity index (χ2n) is 10.2. The van der Waals surface area contributed by atoms with Crippen molar-refractivity contribution in [1.29, 1.82) is 0 Å². The normalized spacial score (nSPS) is 18.0. The molecule has 0 spiro atoms. The van der Waals surface area contributed by atoms with E-state index in [1.807, 2.05) is 19.2 Å². The first-order valence-corrected chi connectivity index (χ1v) is 11.1. The molecule has 3 heteroatoms. The number of fused-ring (bicyclic) bond motifs is 1. The summed E-state index contributed by atoms with van der Waals surface area (Å²) in [6, 6.07) is 8.93. The van der Waals surface area contributed by atoms with Crippen LogP contribution in [0.25, 0.3) is 5.57 Å². The van der Waals surface area contributed by atoms with Crippen LogP contribution in [0.1, 0.15) is 93.8 Å². The van der Waals surface area contributed by atoms with Crippen LogP contribution in [0.4, 0.5) is 0 Å². The molecule has 0 fully saturated rings. The van der Waals surface area contributed by atoms with Gasteiger partial charge in [-0.15, -0.1) is 0 Å². The summed E-state index contributed by atoms with van der Waals surface area (Å²) in [4.78, 5) is 4.68. The molecule has 0 radical (unpaired) electrons. The lowest BCUT2D eigenvalue weighted by atomic mass is 9.62. The van der Waals surface area contributed by atoms with Crippen molar-refractivity contribution in [3.63, 3.8) is 0 Å². The van der Waals surface area contributed by atoms with Crippen LogP contribution >= 0.6 is 0 Å². The summed E-state index contributed by atoms with van der Waals surface area (Å²) < 4.78 is 0. The van der Waals surface area contributed by atoms with E-state index in [1.165, 1.54) is 35.1 Å². The van der Waals surface area contributed by atoms with E-state index >= 15 is 0 Å². The van der Waals surface area contributed by atoms with Crippen molar-refractivity contribution < 1.29 is 10.2 Å². The lowest BCUT2D eigenvalue weighted by molar-refractivity contribution is 0.276. The zero-order valence-electron chi connectivity index (χ0n) is 19.5. The fraction of sp³-hybridized carbons (Fsp3) is 0.519. The van der Waals surface area contributed by atoms with Crippen LogP contribution in [-0.4, -0.2) is 21.8 Å². The molecule has 0 atom stereocenters. The number of allylic oxidation sites excluding steroid dienone is 2. The van der Waals surface area contributed by atoms with Gasteiger partial charge in [0.2, 0.25) is 0 Å². The van der Waals surface area contributed by atoms with Crippen LogP contribution in [0, 0.1) is 6.92 Å². The Morgan fingerprint density at radius 1 is 1.03 bits per heavy atom. The monoisotopic (exact) mass is 407 g/mol. The SMILES string of the molecule is C/C(=C(/O)CCCO)c1ccc(Cc2cc3c(cc2C)C(C)(C)CCC3(C)C)nc1. The Balaban J connectivity index is 1.87. The zero-order chi connectivity index (χ0) is 22.1. The molecule has 2 aromatic rings. The predicted octanol–water partition coefficient (Wildman–Crippen LogP) is 6.39. The number of rotatable bonds is 6. The molecule has 162 valence electrons. The molecule has 0 amide bonds. The van der Waals surface area contributed by atoms with Gasteiger partial charge in [-0.3, -0.25) is 4.98 Å². The minimum atomic E-state index is 0.0860. The Bertz CT molecular complexity index is 936. The third-order valence-corrected chi connectivity index (χ3v) is 6.94. The number of aliphatic hydroxyl groups excluding tert-OH is 2. The molecule has 0 bridgehead atoms. The summed E-state index contributed by atoms with van der Waals surface area (Å²) in [6.07, 6.45) is 6.17. The van der Waals surface area contributed by atoms with Gasteiger partial charge in [0.1, 0.15) is 0 Å². The molecule has 3 rings (SSSR count). The number of hydrogen-bond acceptors (Lipinski definition) is 3. The third-order valence-electron chi connectivity index (χ3n) is 6.94. The van der Waals surface area contributed by atoms with Gasteiger partial charge >= 0.3 is 0 Å². The summed E-state index contributed by atoms with van der Waals surface area (Å²) in [5.41, 5.74) is 8.91. The summed E-state index contributed by atoms with van der Waals surface area (Å²) in [6.45, 7) is 13.7. The first-order valence-electron chi connectivity index (χ1n) is 11.1. The fourth-order valence-electron chi connectivity index (χ4n) is 4.50. The Labute approximate surface area is 181 Å². The maximum absolute atomic E-state index is 10.2. The molecule has 30 heavy (non-hydrogen) atoms. The molecule has 1 aromatic carbocycles. The van der Waals surface area contributed by atoms with Gasteiger partial charge in [0.25, 0.3) is 0 Å². The highest BCUT2D eigenvalue weighted by atomic mass is 16.3. The van der Waals surface area contributed by atoms with Gasteiger partial charge in [-0.2, -0.15) is 0 Å². The van der Waals surface area contributed by atoms with Crippen molar-refractivity contribution >= 4 is 5.57 Å². The van der Waals surface area contributed by atoms with E-state index in [1.54, 1.807) is 0 Å². The Hall–Kier alpha value is -2.13. The van der Waals surface area contributed by atoms with Crippen LogP contribution in [-0.2, 0) is 17.3 Å². The van der Waals surface area contributed by atoms with Crippen molar-refractivity contribution in [1.82, 2.24) is 4.98 Å². The standard InChI is InChI=1S/C27H37NO2/c1-18-14-23-24(27(5,6)12-11-26(23,3)4)16-21(18)15-22-10-9-20(17-28-22)19(2)25(30)8-7-13-29/h9-10,14,16-17,29-30H,7-8,11-13,15H2,1-6H3/b25-19-. The highest BCUT2D eigenvalue weighted by Crippen LogP contribution is 2.46. The van der Waals surface area contributed by atoms with Gasteiger partial charge in [0.15, 0.2) is 0 Å². The number of aryl methyl sites for hydroxylation is 1. The summed E-state index contributed by atoms with van der Waals surface area (Å²) >= 11 is 0. The molecule has 1 aromatic heterocycles. The van der Waals surface area contributed by atoms with E-state index in [-0.39, 0.29) is 17.4 Å². The molecule has 1 aliphatic carbocycles. The zero-order valence-corrected chi connectivity index (χ0v) is 19.5. The van der Waals surface area contributed by atoms with Crippen LogP contribution in [0.2, 0.25) is 0 Å². The molecular weight excluding hydrogens is 370 g/mol. The molecular formula is C27H37NO2. The van der Waals surface area contributed by atoms with Gasteiger partial charge < -0.3 is 10.2 Å². The van der Waals surface area contributed by atoms with E-state index in [0.717, 1.165) is 23.3 Å². The number of nitrogens with zero attached hydrogens (tertiary/aromatic N) is 1. The van der Waals surface area contributed by atoms with Crippen molar-refractivity contribution in [2.24, 2.45) is 0 Å². The summed E-state index contributed by atoms with van der Waals surface area (Å²) in [7, 11) is 0. The second kappa shape index (κ2) is 8.55. The van der Waals surface area contributed by atoms with E-state index in [0.29, 0.717) is 18.6 Å². The summed E-state index contributed by atoms with van der Waals surface area (Å²) in [5.74, 6) is 0.328. The fourth-order valence-corrected chi connectivity index (χ4v) is 4.50. The smallest absolute Gasteiger partial charge is 0.0959 e. The predicted molar refractivity (Wildman–Crippen MR) is 125 cm³/mol. The molecule has 0 unspecified atom stereocenters. The minimum Gasteiger partial charge on any atom is -0.512 e. The topological polar surface area (TPSA) is 53.4 Å². The molecule has 0 saturated heterocycles. The molecule has 2 N–H and O–H groups in total. The molecule has 1 heterocycles. The minimum absolute atomic E-state index is 0.0860. The number of hydrogen-bond donors (Lipinski definition) is 2. The Kier molecular flexibility index (Phi) is 6.43. The van der Waals surface area contributed by atoms with Crippen LogP contribution in [0.5, 0.6) is 0 Å². The van der Waals surface area contributed by atoms with Crippen LogP contribution in [0.15, 0.2) is 36.2 Å². The van der Waals surface area contributed by atoms with E-state index in [9.17, 15) is 5.11 Å². The van der Waals surface area contributed by atoms with Gasteiger partial charge in [-0.25, -0.2) is 0 Å². The maximum atomic E-state index is 10.2. The number of pyridine rings is 1. The maximum Gasteiger partial charge on any atom is 0.0959 e. The van der Waals surface area contributed by atoms with Gasteiger partial charge in [0.05, 0.1) is 5.76 Å². The van der Waals surface area contributed by atoms with Crippen LogP contribution < -0.4 is 0 Å². The van der Waals surface area contributed by atoms with E-state index < -0.39 is 0 Å². The number of aromatic nitrogens is 1. The average Bonchev–Trinajstić information content (AvgIpc) is 2.71. The number of benzene rings is 1. The first kappa shape index (κ1) is 22.6. The molecule has 0 aliphatic heterocycles. The third kappa shape index (κ3) is 4.62. The largest absolute Gasteiger partial charge is 0.512 e. The molecule has 3 nitrogen and oxygen atoms in total. The van der Waals surface area contributed by atoms with Crippen molar-refractivity contribution in [3.05, 3.63) is 69.7 Å². The number of aliphatic hydroxyl groups is 2. The van der Waals surface area contributed by atoms with Crippen molar-refractivity contribution in [2.45, 2.75) is 84.5 Å². The van der Waals surface area contributed by atoms with Gasteiger partial charge in [0, 0.05) is 31.3 Å². The van der Waals surface area contributed by atoms with E-state index in [4.69, 9.17) is 5.11 Å². The van der Waals surface area contributed by atoms with Gasteiger partial charge in [-0.1, -0.05) is 45.9 Å². The highest BCUT2D eigenvalue weighted by Gasteiger charge is 2.37. The van der Waals surface area contributed by atoms with E-state index in [2.05, 4.69) is 57.8 Å². The summed E-state index contributed by atoms with van der Waals surface area (Å²) in [5, 5.41) is 19.1. The van der Waals surface area contributed by atoms with Crippen LogP contribution in [0.3, 0.4) is 0 Å². The second-order valence-corrected chi connectivity index (χ2v) is 10.2.